The Balaban J connectivity index is 2.46. The largest absolute Gasteiger partial charge is 0.496 e. The van der Waals surface area contributed by atoms with Crippen LogP contribution in [0.2, 0.25) is 19.6 Å². The summed E-state index contributed by atoms with van der Waals surface area (Å²) in [4.78, 5) is 0. The lowest BCUT2D eigenvalue weighted by molar-refractivity contribution is 0.142. The molecule has 2 nitrogen and oxygen atoms in total. The fraction of sp³-hybridized carbons (Fsp3) is 0.467. The minimum absolute atomic E-state index is 0.125. The van der Waals surface area contributed by atoms with Gasteiger partial charge in [-0.1, -0.05) is 50.0 Å². The van der Waals surface area contributed by atoms with Crippen molar-refractivity contribution < 1.29 is 9.84 Å². The van der Waals surface area contributed by atoms with E-state index in [1.165, 1.54) is 0 Å². The smallest absolute Gasteiger partial charge is 0.122 e. The molecule has 0 spiro atoms. The Kier molecular flexibility index (Phi) is 3.38. The first kappa shape index (κ1) is 13.4. The number of benzene rings is 1. The maximum atomic E-state index is 11.1. The van der Waals surface area contributed by atoms with E-state index >= 15 is 0 Å². The van der Waals surface area contributed by atoms with Gasteiger partial charge in [0.2, 0.25) is 0 Å². The number of ether oxygens (including phenoxy) is 1. The van der Waals surface area contributed by atoms with E-state index in [-0.39, 0.29) is 5.92 Å². The van der Waals surface area contributed by atoms with Crippen molar-refractivity contribution in [2.45, 2.75) is 37.2 Å². The predicted molar refractivity (Wildman–Crippen MR) is 77.8 cm³/mol. The molecule has 98 valence electrons. The lowest BCUT2D eigenvalue weighted by Crippen LogP contribution is -2.53. The summed E-state index contributed by atoms with van der Waals surface area (Å²) in [7, 11) is -0.0275. The normalized spacial score (nSPS) is 27.5. The zero-order valence-electron chi connectivity index (χ0n) is 11.6. The SMILES string of the molecule is COc1ccccc1[C@@H]1CC=C[C@]1(O)[Si](C)(C)C. The van der Waals surface area contributed by atoms with E-state index in [4.69, 9.17) is 4.74 Å². The molecule has 2 atom stereocenters. The molecular formula is C15H22O2Si. The molecule has 0 amide bonds. The number of aliphatic hydroxyl groups is 1. The van der Waals surface area contributed by atoms with E-state index in [9.17, 15) is 5.11 Å². The Bertz CT molecular complexity index is 462. The second-order valence-electron chi connectivity index (χ2n) is 6.01. The first-order valence-electron chi connectivity index (χ1n) is 6.43. The fourth-order valence-corrected chi connectivity index (χ4v) is 4.71. The van der Waals surface area contributed by atoms with Gasteiger partial charge >= 0.3 is 0 Å². The van der Waals surface area contributed by atoms with E-state index in [2.05, 4.69) is 31.8 Å². The molecule has 0 fully saturated rings. The van der Waals surface area contributed by atoms with Crippen molar-refractivity contribution in [3.63, 3.8) is 0 Å². The molecule has 1 aliphatic carbocycles. The van der Waals surface area contributed by atoms with Crippen molar-refractivity contribution in [3.05, 3.63) is 42.0 Å². The first-order valence-corrected chi connectivity index (χ1v) is 9.93. The first-order chi connectivity index (χ1) is 8.40. The van der Waals surface area contributed by atoms with Gasteiger partial charge in [-0.15, -0.1) is 0 Å². The molecule has 1 aromatic carbocycles. The Labute approximate surface area is 110 Å². The van der Waals surface area contributed by atoms with Crippen molar-refractivity contribution >= 4 is 8.07 Å². The molecule has 0 saturated heterocycles. The fourth-order valence-electron chi connectivity index (χ4n) is 2.77. The van der Waals surface area contributed by atoms with Crippen LogP contribution >= 0.6 is 0 Å². The van der Waals surface area contributed by atoms with Gasteiger partial charge in [-0.3, -0.25) is 0 Å². The maximum Gasteiger partial charge on any atom is 0.122 e. The maximum absolute atomic E-state index is 11.1. The number of allylic oxidation sites excluding steroid dienone is 1. The number of methoxy groups -OCH3 is 1. The average Bonchev–Trinajstić information content (AvgIpc) is 2.72. The molecule has 0 aromatic heterocycles. The molecule has 0 bridgehead atoms. The molecule has 1 N–H and O–H groups in total. The van der Waals surface area contributed by atoms with Crippen molar-refractivity contribution in [1.29, 1.82) is 0 Å². The average molecular weight is 262 g/mol. The minimum atomic E-state index is -1.72. The van der Waals surface area contributed by atoms with Gasteiger partial charge < -0.3 is 9.84 Å². The summed E-state index contributed by atoms with van der Waals surface area (Å²) in [5.41, 5.74) is 1.12. The van der Waals surface area contributed by atoms with Gasteiger partial charge in [-0.2, -0.15) is 0 Å². The van der Waals surface area contributed by atoms with Crippen LogP contribution in [-0.2, 0) is 0 Å². The van der Waals surface area contributed by atoms with Crippen LogP contribution in [0.25, 0.3) is 0 Å². The molecular weight excluding hydrogens is 240 g/mol. The van der Waals surface area contributed by atoms with Gasteiger partial charge in [-0.25, -0.2) is 0 Å². The number of rotatable bonds is 3. The molecule has 0 unspecified atom stereocenters. The summed E-state index contributed by atoms with van der Waals surface area (Å²) in [6.07, 6.45) is 5.01. The van der Waals surface area contributed by atoms with E-state index in [0.717, 1.165) is 17.7 Å². The standard InChI is InChI=1S/C15H22O2Si/c1-17-14-10-6-5-8-12(14)13-9-7-11-15(13,16)18(2,3)4/h5-8,10-11,13,16H,9H2,1-4H3/t13-,15-/m0/s1. The monoisotopic (exact) mass is 262 g/mol. The van der Waals surface area contributed by atoms with Crippen LogP contribution in [0.4, 0.5) is 0 Å². The van der Waals surface area contributed by atoms with Crippen LogP contribution in [0.1, 0.15) is 17.9 Å². The third kappa shape index (κ3) is 2.02. The minimum Gasteiger partial charge on any atom is -0.496 e. The summed E-state index contributed by atoms with van der Waals surface area (Å²) in [5.74, 6) is 1.00. The molecule has 3 heteroatoms. The number of para-hydroxylation sites is 1. The second-order valence-corrected chi connectivity index (χ2v) is 11.3. The lowest BCUT2D eigenvalue weighted by Gasteiger charge is -2.40. The zero-order chi connectivity index (χ0) is 13.4. The summed E-state index contributed by atoms with van der Waals surface area (Å²) in [6, 6.07) is 8.03. The highest BCUT2D eigenvalue weighted by Gasteiger charge is 2.49. The molecule has 1 aromatic rings. The van der Waals surface area contributed by atoms with Crippen LogP contribution < -0.4 is 4.74 Å². The Morgan fingerprint density at radius 1 is 1.28 bits per heavy atom. The summed E-state index contributed by atoms with van der Waals surface area (Å²) in [5, 5.41) is 10.4. The number of hydrogen-bond donors (Lipinski definition) is 1. The number of hydrogen-bond acceptors (Lipinski definition) is 2. The van der Waals surface area contributed by atoms with E-state index < -0.39 is 13.3 Å². The summed E-state index contributed by atoms with van der Waals surface area (Å²) < 4.78 is 5.44. The molecule has 2 rings (SSSR count). The lowest BCUT2D eigenvalue weighted by atomic mass is 9.93. The van der Waals surface area contributed by atoms with E-state index in [1.807, 2.05) is 24.3 Å². The van der Waals surface area contributed by atoms with Crippen LogP contribution in [0, 0.1) is 0 Å². The molecule has 0 aliphatic heterocycles. The van der Waals surface area contributed by atoms with Crippen LogP contribution in [0.15, 0.2) is 36.4 Å². The van der Waals surface area contributed by atoms with Gasteiger partial charge in [0.25, 0.3) is 0 Å². The Hall–Kier alpha value is -1.06. The van der Waals surface area contributed by atoms with Crippen molar-refractivity contribution in [3.8, 4) is 5.75 Å². The summed E-state index contributed by atoms with van der Waals surface area (Å²) in [6.45, 7) is 6.64. The van der Waals surface area contributed by atoms with Gasteiger partial charge in [0.1, 0.15) is 5.75 Å². The molecule has 1 aliphatic rings. The van der Waals surface area contributed by atoms with Crippen LogP contribution in [0.3, 0.4) is 0 Å². The Morgan fingerprint density at radius 3 is 2.56 bits per heavy atom. The van der Waals surface area contributed by atoms with Crippen LogP contribution in [-0.4, -0.2) is 25.5 Å². The van der Waals surface area contributed by atoms with Gasteiger partial charge in [-0.05, 0) is 12.5 Å². The summed E-state index contributed by atoms with van der Waals surface area (Å²) >= 11 is 0. The van der Waals surface area contributed by atoms with Gasteiger partial charge in [0.05, 0.1) is 20.4 Å². The van der Waals surface area contributed by atoms with Crippen molar-refractivity contribution in [1.82, 2.24) is 0 Å². The third-order valence-electron chi connectivity index (χ3n) is 3.99. The van der Waals surface area contributed by atoms with E-state index in [0.29, 0.717) is 0 Å². The van der Waals surface area contributed by atoms with Crippen molar-refractivity contribution in [2.24, 2.45) is 0 Å². The molecule has 18 heavy (non-hydrogen) atoms. The molecule has 0 saturated carbocycles. The van der Waals surface area contributed by atoms with Crippen LogP contribution in [0.5, 0.6) is 5.75 Å². The zero-order valence-corrected chi connectivity index (χ0v) is 12.6. The predicted octanol–water partition coefficient (Wildman–Crippen LogP) is 3.35. The van der Waals surface area contributed by atoms with Gasteiger partial charge in [0.15, 0.2) is 0 Å². The molecule has 0 heterocycles. The third-order valence-corrected chi connectivity index (χ3v) is 6.91. The second kappa shape index (κ2) is 4.56. The van der Waals surface area contributed by atoms with E-state index in [1.54, 1.807) is 7.11 Å². The van der Waals surface area contributed by atoms with Gasteiger partial charge in [0, 0.05) is 11.5 Å². The highest BCUT2D eigenvalue weighted by atomic mass is 28.3. The highest BCUT2D eigenvalue weighted by molar-refractivity contribution is 6.79. The highest BCUT2D eigenvalue weighted by Crippen LogP contribution is 2.46. The molecule has 0 radical (unpaired) electrons. The topological polar surface area (TPSA) is 29.5 Å². The van der Waals surface area contributed by atoms with Crippen molar-refractivity contribution in [2.75, 3.05) is 7.11 Å². The Morgan fingerprint density at radius 2 is 1.94 bits per heavy atom. The quantitative estimate of drug-likeness (QED) is 0.668.